The monoisotopic (exact) mass is 604 g/mol. The van der Waals surface area contributed by atoms with Gasteiger partial charge in [0.25, 0.3) is 0 Å². The third-order valence-corrected chi connectivity index (χ3v) is 7.78. The molecular weight excluding hydrogens is 564 g/mol. The number of aryl methyl sites for hydroxylation is 2. The molecule has 0 aromatic heterocycles. The summed E-state index contributed by atoms with van der Waals surface area (Å²) in [5.74, 6) is -1.68. The summed E-state index contributed by atoms with van der Waals surface area (Å²) in [5, 5.41) is 0. The lowest BCUT2D eigenvalue weighted by Crippen LogP contribution is -2.31. The molecule has 4 atom stereocenters. The highest BCUT2D eigenvalue weighted by Crippen LogP contribution is 2.39. The van der Waals surface area contributed by atoms with Crippen molar-refractivity contribution in [3.05, 3.63) is 95.1 Å². The van der Waals surface area contributed by atoms with Gasteiger partial charge in [-0.3, -0.25) is 0 Å². The van der Waals surface area contributed by atoms with Gasteiger partial charge < -0.3 is 23.7 Å². The number of fused-ring (bicyclic) bond motifs is 1. The van der Waals surface area contributed by atoms with E-state index in [4.69, 9.17) is 23.7 Å². The molecule has 2 fully saturated rings. The molecule has 0 amide bonds. The van der Waals surface area contributed by atoms with Gasteiger partial charge in [0.05, 0.1) is 30.9 Å². The molecule has 1 saturated heterocycles. The quantitative estimate of drug-likeness (QED) is 0.122. The molecule has 1 aliphatic heterocycles. The van der Waals surface area contributed by atoms with Crippen LogP contribution in [0.25, 0.3) is 0 Å². The summed E-state index contributed by atoms with van der Waals surface area (Å²) in [7, 11) is 0. The first kappa shape index (κ1) is 32.7. The van der Waals surface area contributed by atoms with Crippen LogP contribution in [-0.2, 0) is 46.1 Å². The van der Waals surface area contributed by atoms with Gasteiger partial charge in [0.1, 0.15) is 18.3 Å². The lowest BCUT2D eigenvalue weighted by Gasteiger charge is -2.19. The fraction of sp³-hybridized carbons (Fsp3) is 0.429. The molecular formula is C35H40O9. The Morgan fingerprint density at radius 3 is 1.61 bits per heavy atom. The SMILES string of the molecule is C=C(C)C(=O)OCCCc1ccc(C(=O)O[C@H]2CO[C@H]3[C@@H]2CC[C@H]3OC(=O)c2ccc(CCCOC(=O)C(=C)C)cc2)cc1. The molecule has 1 heterocycles. The van der Waals surface area contributed by atoms with Gasteiger partial charge in [0.15, 0.2) is 0 Å². The Hall–Kier alpha value is -4.24. The average Bonchev–Trinajstić information content (AvgIpc) is 3.60. The van der Waals surface area contributed by atoms with E-state index >= 15 is 0 Å². The Bertz CT molecular complexity index is 1250. The second-order valence-corrected chi connectivity index (χ2v) is 11.4. The maximum atomic E-state index is 12.9. The summed E-state index contributed by atoms with van der Waals surface area (Å²) in [5.41, 5.74) is 3.68. The average molecular weight is 605 g/mol. The number of rotatable bonds is 14. The van der Waals surface area contributed by atoms with E-state index < -0.39 is 36.1 Å². The highest BCUT2D eigenvalue weighted by Gasteiger charge is 2.49. The van der Waals surface area contributed by atoms with E-state index in [9.17, 15) is 19.2 Å². The molecule has 0 spiro atoms. The standard InChI is InChI=1S/C35H40O9/c1-22(2)32(36)40-19-5-7-24-9-13-26(14-10-24)34(38)43-29-18-17-28-30(21-42-31(28)29)44-35(39)27-15-11-25(12-16-27)8-6-20-41-33(37)23(3)4/h9-16,28-31H,1,3,5-8,17-21H2,2,4H3/t28-,29-,30+,31+/m1/s1. The van der Waals surface area contributed by atoms with Gasteiger partial charge in [0.2, 0.25) is 0 Å². The molecule has 2 aromatic carbocycles. The van der Waals surface area contributed by atoms with Gasteiger partial charge in [-0.1, -0.05) is 37.4 Å². The van der Waals surface area contributed by atoms with Gasteiger partial charge >= 0.3 is 23.9 Å². The van der Waals surface area contributed by atoms with Crippen LogP contribution in [0.5, 0.6) is 0 Å². The summed E-state index contributed by atoms with van der Waals surface area (Å²) in [6, 6.07) is 14.4. The summed E-state index contributed by atoms with van der Waals surface area (Å²) >= 11 is 0. The first-order valence-corrected chi connectivity index (χ1v) is 15.0. The summed E-state index contributed by atoms with van der Waals surface area (Å²) in [6.45, 7) is 11.2. The zero-order chi connectivity index (χ0) is 31.6. The number of hydrogen-bond acceptors (Lipinski definition) is 9. The van der Waals surface area contributed by atoms with Crippen molar-refractivity contribution in [3.8, 4) is 0 Å². The van der Waals surface area contributed by atoms with Crippen LogP contribution in [0.15, 0.2) is 72.8 Å². The molecule has 234 valence electrons. The predicted octanol–water partition coefficient (Wildman–Crippen LogP) is 5.35. The topological polar surface area (TPSA) is 114 Å². The fourth-order valence-corrected chi connectivity index (χ4v) is 5.32. The number of carbonyl (C=O) groups is 4. The molecule has 1 saturated carbocycles. The third-order valence-electron chi connectivity index (χ3n) is 7.78. The van der Waals surface area contributed by atoms with Gasteiger partial charge in [-0.25, -0.2) is 19.2 Å². The number of carbonyl (C=O) groups excluding carboxylic acids is 4. The van der Waals surface area contributed by atoms with Crippen LogP contribution in [0.1, 0.15) is 71.4 Å². The van der Waals surface area contributed by atoms with Crippen molar-refractivity contribution >= 4 is 23.9 Å². The van der Waals surface area contributed by atoms with Crippen LogP contribution < -0.4 is 0 Å². The van der Waals surface area contributed by atoms with Gasteiger partial charge in [-0.05, 0) is 87.8 Å². The fourth-order valence-electron chi connectivity index (χ4n) is 5.32. The molecule has 44 heavy (non-hydrogen) atoms. The van der Waals surface area contributed by atoms with Crippen molar-refractivity contribution in [2.45, 2.75) is 70.7 Å². The molecule has 9 nitrogen and oxygen atoms in total. The number of esters is 4. The summed E-state index contributed by atoms with van der Waals surface area (Å²) < 4.78 is 27.8. The lowest BCUT2D eigenvalue weighted by atomic mass is 10.0. The second-order valence-electron chi connectivity index (χ2n) is 11.4. The zero-order valence-electron chi connectivity index (χ0n) is 25.4. The second kappa shape index (κ2) is 15.5. The first-order valence-electron chi connectivity index (χ1n) is 15.0. The molecule has 0 unspecified atom stereocenters. The first-order chi connectivity index (χ1) is 21.1. The van der Waals surface area contributed by atoms with E-state index in [0.717, 1.165) is 17.5 Å². The zero-order valence-corrected chi connectivity index (χ0v) is 25.4. The largest absolute Gasteiger partial charge is 0.462 e. The van der Waals surface area contributed by atoms with Gasteiger partial charge in [-0.15, -0.1) is 0 Å². The molecule has 2 aromatic rings. The maximum absolute atomic E-state index is 12.9. The Balaban J connectivity index is 1.19. The molecule has 0 radical (unpaired) electrons. The molecule has 0 N–H and O–H groups in total. The normalized spacial score (nSPS) is 20.3. The highest BCUT2D eigenvalue weighted by molar-refractivity contribution is 5.90. The van der Waals surface area contributed by atoms with Crippen molar-refractivity contribution in [1.29, 1.82) is 0 Å². The maximum Gasteiger partial charge on any atom is 0.338 e. The number of ether oxygens (including phenoxy) is 5. The van der Waals surface area contributed by atoms with Gasteiger partial charge in [0, 0.05) is 17.1 Å². The smallest absolute Gasteiger partial charge is 0.338 e. The number of benzene rings is 2. The number of hydrogen-bond donors (Lipinski definition) is 0. The minimum atomic E-state index is -0.421. The van der Waals surface area contributed by atoms with Crippen molar-refractivity contribution < 1.29 is 42.9 Å². The third kappa shape index (κ3) is 8.89. The van der Waals surface area contributed by atoms with E-state index in [1.54, 1.807) is 38.1 Å². The van der Waals surface area contributed by atoms with E-state index in [1.807, 2.05) is 24.3 Å². The predicted molar refractivity (Wildman–Crippen MR) is 162 cm³/mol. The van der Waals surface area contributed by atoms with Crippen LogP contribution in [0.4, 0.5) is 0 Å². The van der Waals surface area contributed by atoms with Crippen molar-refractivity contribution in [2.24, 2.45) is 5.92 Å². The van der Waals surface area contributed by atoms with E-state index in [2.05, 4.69) is 13.2 Å². The van der Waals surface area contributed by atoms with Crippen LogP contribution in [-0.4, -0.2) is 62.0 Å². The Morgan fingerprint density at radius 1 is 0.705 bits per heavy atom. The molecule has 4 rings (SSSR count). The van der Waals surface area contributed by atoms with Crippen LogP contribution in [0, 0.1) is 5.92 Å². The minimum absolute atomic E-state index is 0.0423. The molecule has 2 aliphatic rings. The van der Waals surface area contributed by atoms with E-state index in [1.165, 1.54) is 0 Å². The van der Waals surface area contributed by atoms with Crippen LogP contribution in [0.3, 0.4) is 0 Å². The Kier molecular flexibility index (Phi) is 11.5. The summed E-state index contributed by atoms with van der Waals surface area (Å²) in [4.78, 5) is 48.6. The Labute approximate surface area is 258 Å². The summed E-state index contributed by atoms with van der Waals surface area (Å²) in [6.07, 6.45) is 2.96. The highest BCUT2D eigenvalue weighted by atomic mass is 16.6. The van der Waals surface area contributed by atoms with Gasteiger partial charge in [-0.2, -0.15) is 0 Å². The molecule has 1 aliphatic carbocycles. The van der Waals surface area contributed by atoms with Crippen molar-refractivity contribution in [3.63, 3.8) is 0 Å². The Morgan fingerprint density at radius 2 is 1.16 bits per heavy atom. The van der Waals surface area contributed by atoms with E-state index in [0.29, 0.717) is 67.6 Å². The lowest BCUT2D eigenvalue weighted by molar-refractivity contribution is -0.139. The van der Waals surface area contributed by atoms with Crippen LogP contribution in [0.2, 0.25) is 0 Å². The van der Waals surface area contributed by atoms with E-state index in [-0.39, 0.29) is 18.6 Å². The minimum Gasteiger partial charge on any atom is -0.462 e. The molecule has 9 heteroatoms. The van der Waals surface area contributed by atoms with Crippen molar-refractivity contribution in [2.75, 3.05) is 19.8 Å². The van der Waals surface area contributed by atoms with Crippen molar-refractivity contribution in [1.82, 2.24) is 0 Å². The van der Waals surface area contributed by atoms with Crippen LogP contribution >= 0.6 is 0 Å². The molecule has 0 bridgehead atoms.